The topological polar surface area (TPSA) is 66.2 Å². The van der Waals surface area contributed by atoms with Gasteiger partial charge >= 0.3 is 6.09 Å². The SMILES string of the molecule is O=C1[N]c2nccnc2CO1. The lowest BCUT2D eigenvalue weighted by Gasteiger charge is -2.11. The van der Waals surface area contributed by atoms with Crippen molar-refractivity contribution >= 4 is 11.9 Å². The number of fused-ring (bicyclic) bond motifs is 1. The molecule has 1 aliphatic heterocycles. The van der Waals surface area contributed by atoms with E-state index in [4.69, 9.17) is 0 Å². The number of cyclic esters (lactones) is 1. The molecule has 1 radical (unpaired) electrons. The van der Waals surface area contributed by atoms with Gasteiger partial charge < -0.3 is 4.74 Å². The molecule has 1 aromatic rings. The van der Waals surface area contributed by atoms with Gasteiger partial charge in [-0.1, -0.05) is 0 Å². The van der Waals surface area contributed by atoms with E-state index in [0.29, 0.717) is 11.5 Å². The largest absolute Gasteiger partial charge is 0.441 e. The van der Waals surface area contributed by atoms with E-state index in [1.807, 2.05) is 0 Å². The Morgan fingerprint density at radius 1 is 1.36 bits per heavy atom. The number of carbonyl (C=O) groups is 1. The molecule has 0 spiro atoms. The van der Waals surface area contributed by atoms with Crippen LogP contribution < -0.4 is 5.32 Å². The third-order valence-corrected chi connectivity index (χ3v) is 1.28. The maximum atomic E-state index is 10.6. The Balaban J connectivity index is 2.41. The minimum atomic E-state index is -0.599. The number of carbonyl (C=O) groups excluding carboxylic acids is 1. The molecule has 0 N–H and O–H groups in total. The van der Waals surface area contributed by atoms with Crippen LogP contribution in [-0.2, 0) is 11.3 Å². The lowest BCUT2D eigenvalue weighted by atomic mass is 10.4. The van der Waals surface area contributed by atoms with Gasteiger partial charge in [-0.2, -0.15) is 5.32 Å². The minimum Gasteiger partial charge on any atom is -0.441 e. The van der Waals surface area contributed by atoms with Crippen LogP contribution in [0.2, 0.25) is 0 Å². The average molecular weight is 150 g/mol. The first-order valence-electron chi connectivity index (χ1n) is 3.04. The first kappa shape index (κ1) is 6.09. The van der Waals surface area contributed by atoms with Gasteiger partial charge in [0.05, 0.1) is 0 Å². The lowest BCUT2D eigenvalue weighted by Crippen LogP contribution is -2.21. The molecule has 1 amide bonds. The van der Waals surface area contributed by atoms with Crippen molar-refractivity contribution in [2.24, 2.45) is 0 Å². The van der Waals surface area contributed by atoms with Crippen molar-refractivity contribution in [3.8, 4) is 0 Å². The zero-order valence-corrected chi connectivity index (χ0v) is 5.52. The summed E-state index contributed by atoms with van der Waals surface area (Å²) < 4.78 is 4.60. The molecule has 1 aromatic heterocycles. The van der Waals surface area contributed by atoms with E-state index in [-0.39, 0.29) is 6.61 Å². The number of hydrogen-bond donors (Lipinski definition) is 0. The second kappa shape index (κ2) is 2.19. The standard InChI is InChI=1S/C6H4N3O2/c10-6-9-5-4(3-11-6)7-1-2-8-5/h1-2H,3H2. The number of ether oxygens (including phenoxy) is 1. The van der Waals surface area contributed by atoms with E-state index < -0.39 is 6.09 Å². The van der Waals surface area contributed by atoms with E-state index in [2.05, 4.69) is 20.0 Å². The van der Waals surface area contributed by atoms with Crippen molar-refractivity contribution < 1.29 is 9.53 Å². The van der Waals surface area contributed by atoms with Crippen LogP contribution in [0.4, 0.5) is 10.6 Å². The molecule has 0 bridgehead atoms. The van der Waals surface area contributed by atoms with Crippen molar-refractivity contribution in [2.75, 3.05) is 0 Å². The molecule has 0 atom stereocenters. The molecule has 0 saturated carbocycles. The third kappa shape index (κ3) is 1.000. The zero-order chi connectivity index (χ0) is 7.68. The van der Waals surface area contributed by atoms with Gasteiger partial charge in [0.1, 0.15) is 12.3 Å². The van der Waals surface area contributed by atoms with E-state index >= 15 is 0 Å². The van der Waals surface area contributed by atoms with Gasteiger partial charge in [-0.3, -0.25) is 4.98 Å². The highest BCUT2D eigenvalue weighted by Gasteiger charge is 2.18. The van der Waals surface area contributed by atoms with Crippen LogP contribution in [0, 0.1) is 0 Å². The molecule has 0 aliphatic carbocycles. The number of rotatable bonds is 0. The summed E-state index contributed by atoms with van der Waals surface area (Å²) in [6.07, 6.45) is 2.42. The lowest BCUT2D eigenvalue weighted by molar-refractivity contribution is 0.134. The van der Waals surface area contributed by atoms with E-state index in [1.165, 1.54) is 12.4 Å². The monoisotopic (exact) mass is 150 g/mol. The molecule has 5 nitrogen and oxygen atoms in total. The van der Waals surface area contributed by atoms with Gasteiger partial charge in [0.25, 0.3) is 0 Å². The van der Waals surface area contributed by atoms with Gasteiger partial charge in [-0.05, 0) is 0 Å². The number of amides is 1. The smallest absolute Gasteiger partial charge is 0.436 e. The highest BCUT2D eigenvalue weighted by atomic mass is 16.5. The van der Waals surface area contributed by atoms with Gasteiger partial charge in [-0.15, -0.1) is 0 Å². The van der Waals surface area contributed by atoms with Crippen LogP contribution in [0.1, 0.15) is 5.69 Å². The molecule has 0 aromatic carbocycles. The van der Waals surface area contributed by atoms with Crippen LogP contribution in [0.25, 0.3) is 0 Å². The highest BCUT2D eigenvalue weighted by molar-refractivity contribution is 5.74. The van der Waals surface area contributed by atoms with Gasteiger partial charge in [0.15, 0.2) is 5.82 Å². The van der Waals surface area contributed by atoms with Gasteiger partial charge in [0, 0.05) is 12.4 Å². The molecule has 55 valence electrons. The van der Waals surface area contributed by atoms with E-state index in [0.717, 1.165) is 0 Å². The zero-order valence-electron chi connectivity index (χ0n) is 5.52. The molecule has 2 heterocycles. The Morgan fingerprint density at radius 3 is 3.09 bits per heavy atom. The van der Waals surface area contributed by atoms with Crippen LogP contribution in [-0.4, -0.2) is 16.1 Å². The van der Waals surface area contributed by atoms with Gasteiger partial charge in [-0.25, -0.2) is 9.78 Å². The Hall–Kier alpha value is -1.65. The van der Waals surface area contributed by atoms with Gasteiger partial charge in [0.2, 0.25) is 0 Å². The summed E-state index contributed by atoms with van der Waals surface area (Å²) in [5.41, 5.74) is 0.604. The fraction of sp³-hybridized carbons (Fsp3) is 0.167. The second-order valence-corrected chi connectivity index (χ2v) is 1.99. The maximum absolute atomic E-state index is 10.6. The fourth-order valence-corrected chi connectivity index (χ4v) is 0.804. The number of nitrogens with zero attached hydrogens (tertiary/aromatic N) is 3. The second-order valence-electron chi connectivity index (χ2n) is 1.99. The van der Waals surface area contributed by atoms with Crippen LogP contribution in [0.15, 0.2) is 12.4 Å². The first-order chi connectivity index (χ1) is 5.36. The van der Waals surface area contributed by atoms with Crippen LogP contribution in [0.3, 0.4) is 0 Å². The summed E-state index contributed by atoms with van der Waals surface area (Å²) in [4.78, 5) is 18.3. The summed E-state index contributed by atoms with van der Waals surface area (Å²) >= 11 is 0. The van der Waals surface area contributed by atoms with Crippen molar-refractivity contribution in [2.45, 2.75) is 6.61 Å². The Kier molecular flexibility index (Phi) is 1.21. The molecular weight excluding hydrogens is 146 g/mol. The predicted octanol–water partition coefficient (Wildman–Crippen LogP) is 0.363. The van der Waals surface area contributed by atoms with Crippen LogP contribution in [0.5, 0.6) is 0 Å². The highest BCUT2D eigenvalue weighted by Crippen LogP contribution is 2.14. The Morgan fingerprint density at radius 2 is 2.18 bits per heavy atom. The first-order valence-corrected chi connectivity index (χ1v) is 3.04. The molecule has 0 fully saturated rings. The summed E-state index contributed by atoms with van der Waals surface area (Å²) in [6, 6.07) is 0. The molecule has 0 unspecified atom stereocenters. The molecule has 5 heteroatoms. The fourth-order valence-electron chi connectivity index (χ4n) is 0.804. The maximum Gasteiger partial charge on any atom is 0.436 e. The summed E-state index contributed by atoms with van der Waals surface area (Å²) in [7, 11) is 0. The van der Waals surface area contributed by atoms with Crippen molar-refractivity contribution in [3.05, 3.63) is 18.1 Å². The Bertz CT molecular complexity index is 300. The normalized spacial score (nSPS) is 14.7. The van der Waals surface area contributed by atoms with Crippen molar-refractivity contribution in [1.29, 1.82) is 0 Å². The minimum absolute atomic E-state index is 0.172. The number of aromatic nitrogens is 2. The molecule has 1 aliphatic rings. The molecule has 0 saturated heterocycles. The molecule has 2 rings (SSSR count). The molecular formula is C6H4N3O2. The van der Waals surface area contributed by atoms with Crippen LogP contribution >= 0.6 is 0 Å². The predicted molar refractivity (Wildman–Crippen MR) is 34.0 cm³/mol. The third-order valence-electron chi connectivity index (χ3n) is 1.28. The Labute approximate surface area is 62.4 Å². The summed E-state index contributed by atoms with van der Waals surface area (Å²) in [5.74, 6) is 0.365. The van der Waals surface area contributed by atoms with E-state index in [1.54, 1.807) is 0 Å². The summed E-state index contributed by atoms with van der Waals surface area (Å²) in [6.45, 7) is 0.172. The van der Waals surface area contributed by atoms with Crippen molar-refractivity contribution in [3.63, 3.8) is 0 Å². The summed E-state index contributed by atoms with van der Waals surface area (Å²) in [5, 5.41) is 3.51. The average Bonchev–Trinajstić information content (AvgIpc) is 2.04. The van der Waals surface area contributed by atoms with E-state index in [9.17, 15) is 4.79 Å². The quantitative estimate of drug-likeness (QED) is 0.535. The van der Waals surface area contributed by atoms with Crippen molar-refractivity contribution in [1.82, 2.24) is 15.3 Å². The number of hydrogen-bond acceptors (Lipinski definition) is 4. The molecule has 11 heavy (non-hydrogen) atoms.